The van der Waals surface area contributed by atoms with Crippen LogP contribution in [0.15, 0.2) is 24.3 Å². The zero-order valence-corrected chi connectivity index (χ0v) is 16.7. The number of aromatic nitrogens is 2. The lowest BCUT2D eigenvalue weighted by atomic mass is 9.94. The van der Waals surface area contributed by atoms with Gasteiger partial charge >= 0.3 is 5.97 Å². The van der Waals surface area contributed by atoms with Crippen LogP contribution in [0.3, 0.4) is 0 Å². The van der Waals surface area contributed by atoms with Crippen molar-refractivity contribution in [2.24, 2.45) is 5.92 Å². The Kier molecular flexibility index (Phi) is 5.65. The Morgan fingerprint density at radius 2 is 1.83 bits per heavy atom. The number of likely N-dealkylation sites (tertiary alicyclic amines) is 1. The van der Waals surface area contributed by atoms with Gasteiger partial charge in [0.15, 0.2) is 5.69 Å². The van der Waals surface area contributed by atoms with Crippen molar-refractivity contribution in [2.45, 2.75) is 45.4 Å². The van der Waals surface area contributed by atoms with E-state index in [1.54, 1.807) is 28.6 Å². The summed E-state index contributed by atoms with van der Waals surface area (Å²) in [6, 6.07) is 6.20. The fourth-order valence-electron chi connectivity index (χ4n) is 4.29. The fourth-order valence-corrected chi connectivity index (χ4v) is 4.29. The highest BCUT2D eigenvalue weighted by Crippen LogP contribution is 2.29. The second kappa shape index (κ2) is 8.35. The van der Waals surface area contributed by atoms with Gasteiger partial charge in [-0.2, -0.15) is 5.10 Å². The summed E-state index contributed by atoms with van der Waals surface area (Å²) in [7, 11) is 0. The maximum absolute atomic E-state index is 13.3. The Balaban J connectivity index is 1.56. The number of rotatable bonds is 4. The van der Waals surface area contributed by atoms with Crippen LogP contribution in [-0.2, 0) is 22.4 Å². The monoisotopic (exact) mass is 399 g/mol. The second-order valence-electron chi connectivity index (χ2n) is 7.69. The fraction of sp³-hybridized carbons (Fsp3) is 0.500. The number of fused-ring (bicyclic) bond motifs is 1. The molecule has 4 rings (SSSR count). The predicted octanol–water partition coefficient (Wildman–Crippen LogP) is 3.31. The average Bonchev–Trinajstić information content (AvgIpc) is 3.14. The van der Waals surface area contributed by atoms with Crippen molar-refractivity contribution in [3.05, 3.63) is 47.0 Å². The van der Waals surface area contributed by atoms with E-state index in [1.165, 1.54) is 12.1 Å². The molecule has 0 N–H and O–H groups in total. The van der Waals surface area contributed by atoms with Crippen molar-refractivity contribution >= 4 is 11.9 Å². The van der Waals surface area contributed by atoms with Crippen molar-refractivity contribution in [1.82, 2.24) is 14.7 Å². The van der Waals surface area contributed by atoms with Crippen molar-refractivity contribution in [1.29, 1.82) is 0 Å². The van der Waals surface area contributed by atoms with Crippen molar-refractivity contribution < 1.29 is 18.7 Å². The van der Waals surface area contributed by atoms with Gasteiger partial charge in [-0.05, 0) is 69.7 Å². The van der Waals surface area contributed by atoms with E-state index in [-0.39, 0.29) is 23.6 Å². The van der Waals surface area contributed by atoms with Crippen LogP contribution in [0.1, 0.15) is 54.4 Å². The molecule has 2 aliphatic rings. The molecule has 1 aliphatic carbocycles. The number of piperidine rings is 1. The lowest BCUT2D eigenvalue weighted by molar-refractivity contribution is -0.149. The highest BCUT2D eigenvalue weighted by molar-refractivity contribution is 5.94. The third-order valence-corrected chi connectivity index (χ3v) is 5.86. The Morgan fingerprint density at radius 3 is 2.52 bits per heavy atom. The maximum atomic E-state index is 13.3. The normalized spacial score (nSPS) is 17.1. The standard InChI is InChI=1S/C22H26FN3O3/c1-2-29-22(28)15-11-13-25(14-12-15)21(27)20-18-5-3-4-6-19(18)26(24-20)17-9-7-16(23)8-10-17/h7-10,15H,2-6,11-14H2,1H3. The molecular formula is C22H26FN3O3. The molecule has 1 fully saturated rings. The van der Waals surface area contributed by atoms with E-state index in [1.807, 2.05) is 0 Å². The molecule has 0 bridgehead atoms. The number of carbonyl (C=O) groups excluding carboxylic acids is 2. The molecule has 2 aromatic rings. The number of carbonyl (C=O) groups is 2. The van der Waals surface area contributed by atoms with Gasteiger partial charge in [0.1, 0.15) is 5.82 Å². The first-order valence-electron chi connectivity index (χ1n) is 10.4. The lowest BCUT2D eigenvalue weighted by Crippen LogP contribution is -2.41. The molecule has 0 radical (unpaired) electrons. The highest BCUT2D eigenvalue weighted by atomic mass is 19.1. The molecule has 1 aliphatic heterocycles. The first-order chi connectivity index (χ1) is 14.1. The topological polar surface area (TPSA) is 64.4 Å². The molecule has 0 unspecified atom stereocenters. The minimum Gasteiger partial charge on any atom is -0.466 e. The second-order valence-corrected chi connectivity index (χ2v) is 7.69. The molecule has 0 atom stereocenters. The Labute approximate surface area is 169 Å². The van der Waals surface area contributed by atoms with Gasteiger partial charge < -0.3 is 9.64 Å². The van der Waals surface area contributed by atoms with Crippen LogP contribution in [-0.4, -0.2) is 46.3 Å². The molecule has 0 saturated carbocycles. The van der Waals surface area contributed by atoms with E-state index in [4.69, 9.17) is 4.74 Å². The SMILES string of the molecule is CCOC(=O)C1CCN(C(=O)c2nn(-c3ccc(F)cc3)c3c2CCCC3)CC1. The number of hydrogen-bond acceptors (Lipinski definition) is 4. The number of amides is 1. The smallest absolute Gasteiger partial charge is 0.309 e. The number of halogens is 1. The molecule has 7 heteroatoms. The molecule has 154 valence electrons. The van der Waals surface area contributed by atoms with Crippen molar-refractivity contribution in [2.75, 3.05) is 19.7 Å². The molecule has 1 aromatic carbocycles. The van der Waals surface area contributed by atoms with Crippen LogP contribution >= 0.6 is 0 Å². The van der Waals surface area contributed by atoms with Crippen molar-refractivity contribution in [3.63, 3.8) is 0 Å². The average molecular weight is 399 g/mol. The first-order valence-corrected chi connectivity index (χ1v) is 10.4. The van der Waals surface area contributed by atoms with E-state index in [9.17, 15) is 14.0 Å². The number of ether oxygens (including phenoxy) is 1. The van der Waals surface area contributed by atoms with Crippen LogP contribution in [0.5, 0.6) is 0 Å². The minimum atomic E-state index is -0.296. The largest absolute Gasteiger partial charge is 0.466 e. The van der Waals surface area contributed by atoms with E-state index < -0.39 is 0 Å². The lowest BCUT2D eigenvalue weighted by Gasteiger charge is -2.30. The summed E-state index contributed by atoms with van der Waals surface area (Å²) in [5.74, 6) is -0.677. The Morgan fingerprint density at radius 1 is 1.14 bits per heavy atom. The quantitative estimate of drug-likeness (QED) is 0.740. The zero-order chi connectivity index (χ0) is 20.4. The van der Waals surface area contributed by atoms with Gasteiger partial charge in [0.2, 0.25) is 0 Å². The summed E-state index contributed by atoms with van der Waals surface area (Å²) in [6.07, 6.45) is 5.01. The van der Waals surface area contributed by atoms with Gasteiger partial charge in [-0.3, -0.25) is 9.59 Å². The van der Waals surface area contributed by atoms with E-state index in [0.29, 0.717) is 38.2 Å². The molecule has 1 aromatic heterocycles. The molecule has 0 spiro atoms. The summed E-state index contributed by atoms with van der Waals surface area (Å²) in [4.78, 5) is 27.0. The van der Waals surface area contributed by atoms with Crippen LogP contribution in [0.4, 0.5) is 4.39 Å². The molecular weight excluding hydrogens is 373 g/mol. The van der Waals surface area contributed by atoms with Crippen LogP contribution in [0.25, 0.3) is 5.69 Å². The third kappa shape index (κ3) is 3.91. The van der Waals surface area contributed by atoms with E-state index in [0.717, 1.165) is 42.6 Å². The Hall–Kier alpha value is -2.70. The Bertz CT molecular complexity index is 899. The van der Waals surface area contributed by atoms with Crippen LogP contribution in [0, 0.1) is 11.7 Å². The van der Waals surface area contributed by atoms with Crippen molar-refractivity contribution in [3.8, 4) is 5.69 Å². The third-order valence-electron chi connectivity index (χ3n) is 5.86. The summed E-state index contributed by atoms with van der Waals surface area (Å²) >= 11 is 0. The number of benzene rings is 1. The minimum absolute atomic E-state index is 0.0775. The first kappa shape index (κ1) is 19.6. The molecule has 29 heavy (non-hydrogen) atoms. The molecule has 1 amide bonds. The maximum Gasteiger partial charge on any atom is 0.309 e. The predicted molar refractivity (Wildman–Crippen MR) is 105 cm³/mol. The molecule has 2 heterocycles. The van der Waals surface area contributed by atoms with Gasteiger partial charge in [-0.15, -0.1) is 0 Å². The van der Waals surface area contributed by atoms with E-state index in [2.05, 4.69) is 5.10 Å². The number of hydrogen-bond donors (Lipinski definition) is 0. The van der Waals surface area contributed by atoms with Gasteiger partial charge in [-0.1, -0.05) is 0 Å². The van der Waals surface area contributed by atoms with Gasteiger partial charge in [0.05, 0.1) is 18.2 Å². The van der Waals surface area contributed by atoms with Gasteiger partial charge in [0.25, 0.3) is 5.91 Å². The summed E-state index contributed by atoms with van der Waals surface area (Å²) in [5.41, 5.74) is 3.33. The number of esters is 1. The summed E-state index contributed by atoms with van der Waals surface area (Å²) < 4.78 is 20.2. The van der Waals surface area contributed by atoms with Gasteiger partial charge in [-0.25, -0.2) is 9.07 Å². The summed E-state index contributed by atoms with van der Waals surface area (Å²) in [6.45, 7) is 3.24. The van der Waals surface area contributed by atoms with Crippen LogP contribution < -0.4 is 0 Å². The zero-order valence-electron chi connectivity index (χ0n) is 16.7. The van der Waals surface area contributed by atoms with E-state index >= 15 is 0 Å². The molecule has 6 nitrogen and oxygen atoms in total. The summed E-state index contributed by atoms with van der Waals surface area (Å²) in [5, 5.41) is 4.66. The van der Waals surface area contributed by atoms with Crippen LogP contribution in [0.2, 0.25) is 0 Å². The van der Waals surface area contributed by atoms with Gasteiger partial charge in [0, 0.05) is 24.3 Å². The highest BCUT2D eigenvalue weighted by Gasteiger charge is 2.32. The molecule has 1 saturated heterocycles. The number of nitrogens with zero attached hydrogens (tertiary/aromatic N) is 3.